The Balaban J connectivity index is 1.13. The van der Waals surface area contributed by atoms with E-state index in [1.165, 1.54) is 12.1 Å². The second-order valence-corrected chi connectivity index (χ2v) is 10.3. The number of hydrogen-bond acceptors (Lipinski definition) is 5. The number of hydrogen-bond donors (Lipinski definition) is 1. The third-order valence-corrected chi connectivity index (χ3v) is 7.40. The van der Waals surface area contributed by atoms with Crippen molar-refractivity contribution in [2.45, 2.75) is 38.3 Å². The van der Waals surface area contributed by atoms with Crippen LogP contribution < -0.4 is 10.1 Å². The third kappa shape index (κ3) is 5.76. The molecule has 3 heterocycles. The van der Waals surface area contributed by atoms with Crippen molar-refractivity contribution >= 4 is 11.8 Å². The fourth-order valence-electron chi connectivity index (χ4n) is 5.16. The highest BCUT2D eigenvalue weighted by molar-refractivity contribution is 5.91. The summed E-state index contributed by atoms with van der Waals surface area (Å²) in [7, 11) is 0. The van der Waals surface area contributed by atoms with Crippen molar-refractivity contribution in [2.75, 3.05) is 13.1 Å². The number of rotatable bonds is 9. The lowest BCUT2D eigenvalue weighted by Crippen LogP contribution is -2.41. The molecule has 0 spiro atoms. The van der Waals surface area contributed by atoms with Crippen LogP contribution in [0.5, 0.6) is 5.75 Å². The Kier molecular flexibility index (Phi) is 7.31. The molecule has 2 aromatic heterocycles. The van der Waals surface area contributed by atoms with Gasteiger partial charge in [0.1, 0.15) is 23.9 Å². The fourth-order valence-corrected chi connectivity index (χ4v) is 5.16. The number of carbonyl (C=O) groups is 2. The minimum atomic E-state index is -0.309. The highest BCUT2D eigenvalue weighted by atomic mass is 19.1. The molecule has 1 atom stereocenters. The van der Waals surface area contributed by atoms with Crippen molar-refractivity contribution < 1.29 is 23.1 Å². The smallest absolute Gasteiger partial charge is 0.287 e. The quantitative estimate of drug-likeness (QED) is 0.314. The van der Waals surface area contributed by atoms with Crippen molar-refractivity contribution in [2.24, 2.45) is 5.92 Å². The molecule has 204 valence electrons. The molecule has 8 heteroatoms. The second-order valence-electron chi connectivity index (χ2n) is 10.3. The molecule has 2 aliphatic rings. The lowest BCUT2D eigenvalue weighted by molar-refractivity contribution is -0.134. The van der Waals surface area contributed by atoms with Gasteiger partial charge in [0.05, 0.1) is 6.04 Å². The van der Waals surface area contributed by atoms with E-state index in [0.29, 0.717) is 31.0 Å². The topological polar surface area (TPSA) is 84.7 Å². The number of nitrogens with zero attached hydrogens (tertiary/aromatic N) is 2. The Morgan fingerprint density at radius 1 is 1.05 bits per heavy atom. The first-order valence-electron chi connectivity index (χ1n) is 13.6. The van der Waals surface area contributed by atoms with Crippen LogP contribution in [0.4, 0.5) is 4.39 Å². The molecule has 40 heavy (non-hydrogen) atoms. The maximum Gasteiger partial charge on any atom is 0.287 e. The Bertz CT molecular complexity index is 1500. The Hall–Kier alpha value is -4.46. The van der Waals surface area contributed by atoms with Gasteiger partial charge in [-0.2, -0.15) is 0 Å². The SMILES string of the molecule is O=C(NCCc1ccccn1)c1ccc(COc2ccc3c(c2)C(c2ccc(F)cc2)N(C(=O)C2CC2)CC3)o1. The highest BCUT2D eigenvalue weighted by Gasteiger charge is 2.39. The van der Waals surface area contributed by atoms with E-state index in [9.17, 15) is 14.0 Å². The molecule has 2 aromatic carbocycles. The van der Waals surface area contributed by atoms with Crippen LogP contribution in [0.1, 0.15) is 57.6 Å². The van der Waals surface area contributed by atoms with Gasteiger partial charge in [0.2, 0.25) is 5.91 Å². The number of pyridine rings is 1. The predicted octanol–water partition coefficient (Wildman–Crippen LogP) is 5.25. The third-order valence-electron chi connectivity index (χ3n) is 7.40. The molecule has 6 rings (SSSR count). The van der Waals surface area contributed by atoms with E-state index >= 15 is 0 Å². The first-order chi connectivity index (χ1) is 19.5. The summed E-state index contributed by atoms with van der Waals surface area (Å²) < 4.78 is 25.5. The number of fused-ring (bicyclic) bond motifs is 1. The Morgan fingerprint density at radius 2 is 1.90 bits per heavy atom. The number of nitrogens with one attached hydrogen (secondary N) is 1. The molecule has 1 N–H and O–H groups in total. The highest BCUT2D eigenvalue weighted by Crippen LogP contribution is 2.41. The van der Waals surface area contributed by atoms with Gasteiger partial charge in [0.15, 0.2) is 5.76 Å². The molecular weight excluding hydrogens is 509 g/mol. The van der Waals surface area contributed by atoms with Crippen molar-refractivity contribution in [1.82, 2.24) is 15.2 Å². The molecule has 0 saturated heterocycles. The number of aromatic nitrogens is 1. The molecule has 1 unspecified atom stereocenters. The molecule has 0 radical (unpaired) electrons. The van der Waals surface area contributed by atoms with E-state index in [0.717, 1.165) is 41.6 Å². The average molecular weight is 540 g/mol. The molecule has 1 fully saturated rings. The zero-order valence-electron chi connectivity index (χ0n) is 22.0. The number of halogens is 1. The van der Waals surface area contributed by atoms with Gasteiger partial charge in [-0.25, -0.2) is 4.39 Å². The number of carbonyl (C=O) groups excluding carboxylic acids is 2. The first-order valence-corrected chi connectivity index (χ1v) is 13.6. The lowest BCUT2D eigenvalue weighted by atomic mass is 9.87. The van der Waals surface area contributed by atoms with Crippen molar-refractivity contribution in [3.63, 3.8) is 0 Å². The van der Waals surface area contributed by atoms with Crippen LogP contribution in [0.15, 0.2) is 83.4 Å². The second kappa shape index (κ2) is 11.3. The zero-order valence-corrected chi connectivity index (χ0v) is 22.0. The van der Waals surface area contributed by atoms with Crippen molar-refractivity contribution in [3.8, 4) is 5.75 Å². The van der Waals surface area contributed by atoms with E-state index in [2.05, 4.69) is 10.3 Å². The van der Waals surface area contributed by atoms with Gasteiger partial charge >= 0.3 is 0 Å². The predicted molar refractivity (Wildman–Crippen MR) is 146 cm³/mol. The molecule has 7 nitrogen and oxygen atoms in total. The summed E-state index contributed by atoms with van der Waals surface area (Å²) in [6.07, 6.45) is 4.96. The monoisotopic (exact) mass is 539 g/mol. The Labute approximate surface area is 232 Å². The van der Waals surface area contributed by atoms with Gasteiger partial charge < -0.3 is 19.4 Å². The van der Waals surface area contributed by atoms with E-state index in [4.69, 9.17) is 9.15 Å². The molecule has 1 saturated carbocycles. The largest absolute Gasteiger partial charge is 0.486 e. The molecule has 2 amide bonds. The van der Waals surface area contributed by atoms with Gasteiger partial charge in [-0.3, -0.25) is 14.6 Å². The number of benzene rings is 2. The van der Waals surface area contributed by atoms with Gasteiger partial charge in [0, 0.05) is 37.3 Å². The first kappa shape index (κ1) is 25.8. The number of ether oxygens (including phenoxy) is 1. The van der Waals surface area contributed by atoms with Crippen LogP contribution in [-0.2, 0) is 24.2 Å². The summed E-state index contributed by atoms with van der Waals surface area (Å²) in [5.74, 6) is 1.01. The lowest BCUT2D eigenvalue weighted by Gasteiger charge is -2.38. The molecule has 0 bridgehead atoms. The fraction of sp³-hybridized carbons (Fsp3) is 0.281. The van der Waals surface area contributed by atoms with Crippen LogP contribution in [-0.4, -0.2) is 34.8 Å². The maximum absolute atomic E-state index is 13.7. The summed E-state index contributed by atoms with van der Waals surface area (Å²) in [5, 5.41) is 2.85. The maximum atomic E-state index is 13.7. The van der Waals surface area contributed by atoms with Gasteiger partial charge in [-0.05, 0) is 84.5 Å². The summed E-state index contributed by atoms with van der Waals surface area (Å²) in [6.45, 7) is 1.22. The van der Waals surface area contributed by atoms with Crippen LogP contribution in [0.25, 0.3) is 0 Å². The van der Waals surface area contributed by atoms with E-state index < -0.39 is 0 Å². The summed E-state index contributed by atoms with van der Waals surface area (Å²) in [6, 6.07) is 21.0. The Morgan fingerprint density at radius 3 is 2.67 bits per heavy atom. The number of furan rings is 1. The van der Waals surface area contributed by atoms with Gasteiger partial charge in [0.25, 0.3) is 5.91 Å². The molecule has 1 aliphatic carbocycles. The number of amides is 2. The minimum Gasteiger partial charge on any atom is -0.486 e. The van der Waals surface area contributed by atoms with Crippen molar-refractivity contribution in [1.29, 1.82) is 0 Å². The van der Waals surface area contributed by atoms with E-state index in [1.54, 1.807) is 30.5 Å². The van der Waals surface area contributed by atoms with Crippen LogP contribution >= 0.6 is 0 Å². The molecule has 1 aliphatic heterocycles. The average Bonchev–Trinajstić information content (AvgIpc) is 3.73. The van der Waals surface area contributed by atoms with Crippen molar-refractivity contribution in [3.05, 3.63) is 119 Å². The molecule has 4 aromatic rings. The summed E-state index contributed by atoms with van der Waals surface area (Å²) in [5.41, 5.74) is 3.90. The van der Waals surface area contributed by atoms with Crippen LogP contribution in [0, 0.1) is 11.7 Å². The standard InChI is InChI=1S/C32H30FN3O4/c33-24-9-6-22(7-10-24)30-28-19-26(11-8-21(28)15-18-36(30)32(38)23-4-5-23)39-20-27-12-13-29(40-27)31(37)35-17-14-25-3-1-2-16-34-25/h1-3,6-13,16,19,23,30H,4-5,14-15,17-18,20H2,(H,35,37). The van der Waals surface area contributed by atoms with Gasteiger partial charge in [-0.1, -0.05) is 24.3 Å². The van der Waals surface area contributed by atoms with E-state index in [1.807, 2.05) is 41.3 Å². The van der Waals surface area contributed by atoms with Crippen LogP contribution in [0.2, 0.25) is 0 Å². The minimum absolute atomic E-state index is 0.0873. The molecular formula is C32H30FN3O4. The van der Waals surface area contributed by atoms with Gasteiger partial charge in [-0.15, -0.1) is 0 Å². The zero-order chi connectivity index (χ0) is 27.5. The summed E-state index contributed by atoms with van der Waals surface area (Å²) >= 11 is 0. The van der Waals surface area contributed by atoms with Crippen LogP contribution in [0.3, 0.4) is 0 Å². The van der Waals surface area contributed by atoms with E-state index in [-0.39, 0.29) is 42.0 Å². The summed E-state index contributed by atoms with van der Waals surface area (Å²) in [4.78, 5) is 31.9. The normalized spacial score (nSPS) is 16.3.